The number of hydrogen-bond acceptors (Lipinski definition) is 2. The van der Waals surface area contributed by atoms with Crippen LogP contribution < -0.4 is 9.08 Å². The van der Waals surface area contributed by atoms with Crippen molar-refractivity contribution in [1.29, 1.82) is 0 Å². The number of ether oxygens (including phenoxy) is 1. The second-order valence-electron chi connectivity index (χ2n) is 3.36. The van der Waals surface area contributed by atoms with Gasteiger partial charge >= 0.3 is 0 Å². The maximum atomic E-state index is 5.17. The zero-order valence-corrected chi connectivity index (χ0v) is 10.1. The molecule has 0 amide bonds. The van der Waals surface area contributed by atoms with Gasteiger partial charge in [0.05, 0.1) is 7.11 Å². The normalized spacial score (nSPS) is 10.8. The minimum absolute atomic E-state index is 0.884. The molecule has 0 radical (unpaired) electrons. The van der Waals surface area contributed by atoms with Crippen LogP contribution in [0.5, 0.6) is 5.75 Å². The van der Waals surface area contributed by atoms with Crippen LogP contribution in [0, 0.1) is 0 Å². The minimum Gasteiger partial charge on any atom is -0.497 e. The van der Waals surface area contributed by atoms with Crippen LogP contribution in [0.2, 0.25) is 0 Å². The van der Waals surface area contributed by atoms with Crippen LogP contribution in [0.25, 0.3) is 10.9 Å². The lowest BCUT2D eigenvalue weighted by Gasteiger charge is -2.00. The first-order chi connectivity index (χ1) is 7.35. The van der Waals surface area contributed by atoms with Gasteiger partial charge in [0.2, 0.25) is 0 Å². The number of hydrogen-bond donors (Lipinski definition) is 2. The van der Waals surface area contributed by atoms with Gasteiger partial charge in [-0.1, -0.05) is 0 Å². The molecule has 0 saturated heterocycles. The van der Waals surface area contributed by atoms with Gasteiger partial charge in [-0.3, -0.25) is 4.34 Å². The van der Waals surface area contributed by atoms with Gasteiger partial charge in [0.15, 0.2) is 0 Å². The van der Waals surface area contributed by atoms with E-state index in [1.165, 1.54) is 10.9 Å². The Labute approximate surface area is 97.2 Å². The Kier molecular flexibility index (Phi) is 3.28. The Bertz CT molecular complexity index is 453. The summed E-state index contributed by atoms with van der Waals surface area (Å²) in [6, 6.07) is 6.09. The zero-order valence-electron chi connectivity index (χ0n) is 8.51. The molecule has 4 heteroatoms. The van der Waals surface area contributed by atoms with Gasteiger partial charge in [0.1, 0.15) is 5.75 Å². The predicted molar refractivity (Wildman–Crippen MR) is 65.5 cm³/mol. The van der Waals surface area contributed by atoms with E-state index in [9.17, 15) is 0 Å². The second kappa shape index (κ2) is 4.68. The Hall–Kier alpha value is -1.00. The second-order valence-corrected chi connectivity index (χ2v) is 3.92. The van der Waals surface area contributed by atoms with Gasteiger partial charge in [-0.15, -0.1) is 0 Å². The van der Waals surface area contributed by atoms with E-state index in [4.69, 9.17) is 4.74 Å². The number of H-pyrrole nitrogens is 1. The highest BCUT2D eigenvalue weighted by molar-refractivity contribution is 9.08. The fraction of sp³-hybridized carbons (Fsp3) is 0.273. The lowest BCUT2D eigenvalue weighted by atomic mass is 10.1. The standard InChI is InChI=1S/C11H13BrN2O/c1-15-9-2-3-10-8(4-5-14-12)7-13-11(10)6-9/h2-3,6-7,13-14H,4-5H2,1H3. The molecule has 15 heavy (non-hydrogen) atoms. The van der Waals surface area contributed by atoms with Crippen LogP contribution in [0.1, 0.15) is 5.56 Å². The van der Waals surface area contributed by atoms with Gasteiger partial charge in [-0.2, -0.15) is 0 Å². The molecule has 80 valence electrons. The quantitative estimate of drug-likeness (QED) is 0.837. The zero-order chi connectivity index (χ0) is 10.7. The van der Waals surface area contributed by atoms with Crippen molar-refractivity contribution in [1.82, 2.24) is 9.33 Å². The van der Waals surface area contributed by atoms with Crippen molar-refractivity contribution in [2.75, 3.05) is 13.7 Å². The summed E-state index contributed by atoms with van der Waals surface area (Å²) in [4.78, 5) is 3.25. The number of aromatic amines is 1. The van der Waals surface area contributed by atoms with E-state index in [0.717, 1.165) is 24.2 Å². The highest BCUT2D eigenvalue weighted by atomic mass is 79.9. The third kappa shape index (κ3) is 2.16. The van der Waals surface area contributed by atoms with E-state index in [-0.39, 0.29) is 0 Å². The van der Waals surface area contributed by atoms with E-state index >= 15 is 0 Å². The van der Waals surface area contributed by atoms with E-state index in [1.54, 1.807) is 7.11 Å². The molecule has 0 unspecified atom stereocenters. The highest BCUT2D eigenvalue weighted by Crippen LogP contribution is 2.23. The number of benzene rings is 1. The van der Waals surface area contributed by atoms with Gasteiger partial charge in [0, 0.05) is 45.9 Å². The van der Waals surface area contributed by atoms with Gasteiger partial charge in [0.25, 0.3) is 0 Å². The lowest BCUT2D eigenvalue weighted by molar-refractivity contribution is 0.415. The van der Waals surface area contributed by atoms with Crippen molar-refractivity contribution in [2.24, 2.45) is 0 Å². The van der Waals surface area contributed by atoms with Crippen molar-refractivity contribution >= 4 is 27.1 Å². The van der Waals surface area contributed by atoms with Crippen LogP contribution in [-0.2, 0) is 6.42 Å². The van der Waals surface area contributed by atoms with Crippen LogP contribution in [0.15, 0.2) is 24.4 Å². The number of methoxy groups -OCH3 is 1. The van der Waals surface area contributed by atoms with Crippen molar-refractivity contribution in [3.05, 3.63) is 30.0 Å². The summed E-state index contributed by atoms with van der Waals surface area (Å²) in [6.07, 6.45) is 3.05. The van der Waals surface area contributed by atoms with Gasteiger partial charge in [-0.25, -0.2) is 0 Å². The van der Waals surface area contributed by atoms with Crippen LogP contribution >= 0.6 is 16.1 Å². The number of fused-ring (bicyclic) bond motifs is 1. The predicted octanol–water partition coefficient (Wildman–Crippen LogP) is 2.62. The summed E-state index contributed by atoms with van der Waals surface area (Å²) in [5.41, 5.74) is 2.44. The maximum absolute atomic E-state index is 5.17. The van der Waals surface area contributed by atoms with Crippen molar-refractivity contribution in [2.45, 2.75) is 6.42 Å². The monoisotopic (exact) mass is 268 g/mol. The molecule has 0 aliphatic heterocycles. The smallest absolute Gasteiger partial charge is 0.120 e. The molecule has 0 aliphatic carbocycles. The molecule has 0 bridgehead atoms. The molecule has 1 heterocycles. The van der Waals surface area contributed by atoms with Gasteiger partial charge < -0.3 is 9.72 Å². The summed E-state index contributed by atoms with van der Waals surface area (Å²) < 4.78 is 8.14. The average Bonchev–Trinajstić information content (AvgIpc) is 2.68. The van der Waals surface area contributed by atoms with E-state index in [0.29, 0.717) is 0 Å². The Balaban J connectivity index is 2.34. The molecule has 0 aliphatic rings. The highest BCUT2D eigenvalue weighted by Gasteiger charge is 2.03. The Morgan fingerprint density at radius 3 is 3.07 bits per heavy atom. The molecular formula is C11H13BrN2O. The molecule has 2 rings (SSSR count). The van der Waals surface area contributed by atoms with Crippen LogP contribution in [0.4, 0.5) is 0 Å². The maximum Gasteiger partial charge on any atom is 0.120 e. The molecule has 0 spiro atoms. The fourth-order valence-electron chi connectivity index (χ4n) is 1.68. The molecule has 1 aromatic heterocycles. The van der Waals surface area contributed by atoms with Gasteiger partial charge in [-0.05, 0) is 24.1 Å². The summed E-state index contributed by atoms with van der Waals surface area (Å²) in [5.74, 6) is 0.884. The summed E-state index contributed by atoms with van der Waals surface area (Å²) >= 11 is 3.20. The van der Waals surface area contributed by atoms with Crippen LogP contribution in [-0.4, -0.2) is 18.6 Å². The lowest BCUT2D eigenvalue weighted by Crippen LogP contribution is -2.02. The summed E-state index contributed by atoms with van der Waals surface area (Å²) in [6.45, 7) is 0.916. The SMILES string of the molecule is COc1ccc2c(CCNBr)c[nH]c2c1. The summed E-state index contributed by atoms with van der Waals surface area (Å²) in [5, 5.41) is 1.26. The number of rotatable bonds is 4. The molecular weight excluding hydrogens is 256 g/mol. The number of halogens is 1. The topological polar surface area (TPSA) is 37.0 Å². The molecule has 0 atom stereocenters. The Morgan fingerprint density at radius 2 is 2.33 bits per heavy atom. The van der Waals surface area contributed by atoms with E-state index < -0.39 is 0 Å². The first-order valence-corrected chi connectivity index (χ1v) is 5.62. The molecule has 0 saturated carbocycles. The molecule has 3 nitrogen and oxygen atoms in total. The van der Waals surface area contributed by atoms with Crippen LogP contribution in [0.3, 0.4) is 0 Å². The molecule has 0 fully saturated rings. The fourth-order valence-corrected chi connectivity index (χ4v) is 1.88. The number of nitrogens with one attached hydrogen (secondary N) is 2. The largest absolute Gasteiger partial charge is 0.497 e. The van der Waals surface area contributed by atoms with Crippen molar-refractivity contribution in [3.8, 4) is 5.75 Å². The van der Waals surface area contributed by atoms with E-state index in [2.05, 4.69) is 37.7 Å². The van der Waals surface area contributed by atoms with Crippen molar-refractivity contribution < 1.29 is 4.74 Å². The Morgan fingerprint density at radius 1 is 1.47 bits per heavy atom. The molecule has 2 N–H and O–H groups in total. The third-order valence-corrected chi connectivity index (χ3v) is 2.86. The van der Waals surface area contributed by atoms with E-state index in [1.807, 2.05) is 12.1 Å². The minimum atomic E-state index is 0.884. The summed E-state index contributed by atoms with van der Waals surface area (Å²) in [7, 11) is 1.68. The third-order valence-electron chi connectivity index (χ3n) is 2.46. The first kappa shape index (κ1) is 10.5. The molecule has 2 aromatic rings. The first-order valence-electron chi connectivity index (χ1n) is 4.82. The van der Waals surface area contributed by atoms with Crippen molar-refractivity contribution in [3.63, 3.8) is 0 Å². The molecule has 1 aromatic carbocycles. The number of aromatic nitrogens is 1. The average molecular weight is 269 g/mol.